The third-order valence-corrected chi connectivity index (χ3v) is 3.30. The van der Waals surface area contributed by atoms with Crippen LogP contribution in [0, 0.1) is 0 Å². The molecule has 1 aromatic heterocycles. The van der Waals surface area contributed by atoms with Gasteiger partial charge < -0.3 is 25.5 Å². The van der Waals surface area contributed by atoms with Crippen molar-refractivity contribution >= 4 is 0 Å². The Hall–Kier alpha value is -1.12. The van der Waals surface area contributed by atoms with Crippen molar-refractivity contribution in [2.24, 2.45) is 0 Å². The summed E-state index contributed by atoms with van der Waals surface area (Å²) in [5.74, 6) is 0. The smallest absolute Gasteiger partial charge is 0.126 e. The van der Waals surface area contributed by atoms with E-state index in [2.05, 4.69) is 16.9 Å². The minimum atomic E-state index is -1.67. The van der Waals surface area contributed by atoms with E-state index >= 15 is 0 Å². The number of hydrogen-bond donors (Lipinski definition) is 5. The molecule has 1 aromatic rings. The molecule has 0 unspecified atom stereocenters. The Morgan fingerprint density at radius 2 is 1.76 bits per heavy atom. The van der Waals surface area contributed by atoms with Crippen LogP contribution in [0.5, 0.6) is 0 Å². The highest BCUT2D eigenvalue weighted by atomic mass is 16.4. The van der Waals surface area contributed by atoms with Crippen LogP contribution in [0.15, 0.2) is 12.4 Å². The first-order valence-corrected chi connectivity index (χ1v) is 7.15. The number of aromatic nitrogens is 2. The molecule has 0 fully saturated rings. The quantitative estimate of drug-likeness (QED) is 0.382. The Balaban J connectivity index is 2.72. The number of nitrogens with zero attached hydrogens (tertiary/aromatic N) is 2. The Morgan fingerprint density at radius 1 is 1.05 bits per heavy atom. The van der Waals surface area contributed by atoms with E-state index < -0.39 is 31.0 Å². The van der Waals surface area contributed by atoms with Crippen LogP contribution in [0.4, 0.5) is 0 Å². The summed E-state index contributed by atoms with van der Waals surface area (Å²) < 4.78 is 0. The topological polar surface area (TPSA) is 127 Å². The lowest BCUT2D eigenvalue weighted by Crippen LogP contribution is -2.42. The van der Waals surface area contributed by atoms with E-state index in [1.165, 1.54) is 6.20 Å². The molecule has 0 aliphatic heterocycles. The second-order valence-corrected chi connectivity index (χ2v) is 5.07. The van der Waals surface area contributed by atoms with Crippen LogP contribution < -0.4 is 0 Å². The van der Waals surface area contributed by atoms with Crippen LogP contribution in [0.2, 0.25) is 0 Å². The SMILES string of the molecule is CCCCCc1cncc([C@@H](O)[C@@H](O)[C@H](O)[C@@H](O)CO)n1. The van der Waals surface area contributed by atoms with Crippen LogP contribution in [0.1, 0.15) is 43.7 Å². The monoisotopic (exact) mass is 300 g/mol. The van der Waals surface area contributed by atoms with Crippen molar-refractivity contribution in [2.45, 2.75) is 57.0 Å². The Morgan fingerprint density at radius 3 is 2.38 bits per heavy atom. The van der Waals surface area contributed by atoms with Crippen molar-refractivity contribution in [3.63, 3.8) is 0 Å². The zero-order valence-electron chi connectivity index (χ0n) is 12.1. The van der Waals surface area contributed by atoms with Gasteiger partial charge in [0.2, 0.25) is 0 Å². The van der Waals surface area contributed by atoms with Gasteiger partial charge in [-0.1, -0.05) is 19.8 Å². The molecule has 1 heterocycles. The molecule has 0 aliphatic carbocycles. The van der Waals surface area contributed by atoms with Gasteiger partial charge >= 0.3 is 0 Å². The Kier molecular flexibility index (Phi) is 7.69. The lowest BCUT2D eigenvalue weighted by Gasteiger charge is -2.25. The van der Waals surface area contributed by atoms with Crippen molar-refractivity contribution in [1.29, 1.82) is 0 Å². The first-order valence-electron chi connectivity index (χ1n) is 7.15. The maximum atomic E-state index is 9.99. The van der Waals surface area contributed by atoms with Crippen molar-refractivity contribution in [1.82, 2.24) is 9.97 Å². The fourth-order valence-corrected chi connectivity index (χ4v) is 1.94. The van der Waals surface area contributed by atoms with Crippen molar-refractivity contribution in [2.75, 3.05) is 6.61 Å². The molecule has 0 aliphatic rings. The van der Waals surface area contributed by atoms with Gasteiger partial charge in [0.1, 0.15) is 24.4 Å². The minimum Gasteiger partial charge on any atom is -0.394 e. The molecule has 21 heavy (non-hydrogen) atoms. The lowest BCUT2D eigenvalue weighted by atomic mass is 10.0. The summed E-state index contributed by atoms with van der Waals surface area (Å²) in [6.45, 7) is 1.38. The summed E-state index contributed by atoms with van der Waals surface area (Å²) in [7, 11) is 0. The number of aryl methyl sites for hydroxylation is 1. The van der Waals surface area contributed by atoms with Gasteiger partial charge in [-0.15, -0.1) is 0 Å². The van der Waals surface area contributed by atoms with Gasteiger partial charge in [-0.05, 0) is 12.8 Å². The molecule has 7 heteroatoms. The third kappa shape index (κ3) is 5.29. The molecule has 0 amide bonds. The van der Waals surface area contributed by atoms with Crippen molar-refractivity contribution in [3.05, 3.63) is 23.8 Å². The molecule has 0 aromatic carbocycles. The molecule has 0 radical (unpaired) electrons. The third-order valence-electron chi connectivity index (χ3n) is 3.30. The zero-order chi connectivity index (χ0) is 15.8. The lowest BCUT2D eigenvalue weighted by molar-refractivity contribution is -0.117. The molecular formula is C14H24N2O5. The highest BCUT2D eigenvalue weighted by Gasteiger charge is 2.31. The van der Waals surface area contributed by atoms with Gasteiger partial charge in [0.25, 0.3) is 0 Å². The first-order chi connectivity index (χ1) is 10.0. The van der Waals surface area contributed by atoms with Crippen LogP contribution in [-0.2, 0) is 6.42 Å². The van der Waals surface area contributed by atoms with Crippen LogP contribution in [0.3, 0.4) is 0 Å². The van der Waals surface area contributed by atoms with Crippen LogP contribution in [0.25, 0.3) is 0 Å². The van der Waals surface area contributed by atoms with E-state index in [-0.39, 0.29) is 5.69 Å². The van der Waals surface area contributed by atoms with Crippen molar-refractivity contribution < 1.29 is 25.5 Å². The number of aliphatic hydroxyl groups is 5. The van der Waals surface area contributed by atoms with Crippen molar-refractivity contribution in [3.8, 4) is 0 Å². The second-order valence-electron chi connectivity index (χ2n) is 5.07. The number of hydrogen-bond acceptors (Lipinski definition) is 7. The molecule has 4 atom stereocenters. The summed E-state index contributed by atoms with van der Waals surface area (Å²) in [6, 6.07) is 0. The van der Waals surface area contributed by atoms with Gasteiger partial charge in [-0.25, -0.2) is 0 Å². The van der Waals surface area contributed by atoms with E-state index in [1.807, 2.05) is 0 Å². The van der Waals surface area contributed by atoms with Gasteiger partial charge in [0, 0.05) is 6.20 Å². The van der Waals surface area contributed by atoms with E-state index in [1.54, 1.807) is 6.20 Å². The largest absolute Gasteiger partial charge is 0.394 e. The van der Waals surface area contributed by atoms with Crippen LogP contribution in [-0.4, -0.2) is 60.4 Å². The molecule has 7 nitrogen and oxygen atoms in total. The maximum absolute atomic E-state index is 9.99. The summed E-state index contributed by atoms with van der Waals surface area (Å²) in [5, 5.41) is 47.4. The van der Waals surface area contributed by atoms with E-state index in [0.717, 1.165) is 25.7 Å². The Labute approximate surface area is 123 Å². The number of rotatable bonds is 9. The van der Waals surface area contributed by atoms with Crippen LogP contribution >= 0.6 is 0 Å². The molecule has 0 saturated heterocycles. The maximum Gasteiger partial charge on any atom is 0.126 e. The highest BCUT2D eigenvalue weighted by Crippen LogP contribution is 2.19. The average molecular weight is 300 g/mol. The first kappa shape index (κ1) is 17.9. The van der Waals surface area contributed by atoms with E-state index in [4.69, 9.17) is 5.11 Å². The van der Waals surface area contributed by atoms with Gasteiger partial charge in [0.05, 0.1) is 24.2 Å². The molecule has 1 rings (SSSR count). The average Bonchev–Trinajstić information content (AvgIpc) is 2.52. The molecular weight excluding hydrogens is 276 g/mol. The predicted molar refractivity (Wildman–Crippen MR) is 75.3 cm³/mol. The van der Waals surface area contributed by atoms with Gasteiger partial charge in [-0.3, -0.25) is 9.97 Å². The molecule has 0 bridgehead atoms. The summed E-state index contributed by atoms with van der Waals surface area (Å²) in [4.78, 5) is 8.17. The normalized spacial score (nSPS) is 17.2. The standard InChI is InChI=1S/C14H24N2O5/c1-2-3-4-5-9-6-15-7-10(16-9)12(19)14(21)13(20)11(18)8-17/h6-7,11-14,17-21H,2-5,8H2,1H3/t11-,12+,13+,14+/m0/s1. The second kappa shape index (κ2) is 9.01. The molecule has 0 saturated carbocycles. The molecule has 0 spiro atoms. The van der Waals surface area contributed by atoms with E-state index in [9.17, 15) is 20.4 Å². The minimum absolute atomic E-state index is 0.126. The highest BCUT2D eigenvalue weighted by molar-refractivity contribution is 5.08. The Bertz CT molecular complexity index is 418. The molecule has 120 valence electrons. The summed E-state index contributed by atoms with van der Waals surface area (Å²) in [5.41, 5.74) is 0.824. The fraction of sp³-hybridized carbons (Fsp3) is 0.714. The predicted octanol–water partition coefficient (Wildman–Crippen LogP) is -0.682. The van der Waals surface area contributed by atoms with E-state index in [0.29, 0.717) is 5.69 Å². The fourth-order valence-electron chi connectivity index (χ4n) is 1.94. The van der Waals surface area contributed by atoms with Gasteiger partial charge in [0.15, 0.2) is 0 Å². The number of aliphatic hydroxyl groups excluding tert-OH is 5. The molecule has 5 N–H and O–H groups in total. The zero-order valence-corrected chi connectivity index (χ0v) is 12.1. The summed E-state index contributed by atoms with van der Waals surface area (Å²) in [6.07, 6.45) is 0.376. The summed E-state index contributed by atoms with van der Waals surface area (Å²) >= 11 is 0. The van der Waals surface area contributed by atoms with Gasteiger partial charge in [-0.2, -0.15) is 0 Å². The number of unbranched alkanes of at least 4 members (excludes halogenated alkanes) is 2.